The van der Waals surface area contributed by atoms with Crippen molar-refractivity contribution in [1.82, 2.24) is 0 Å². The van der Waals surface area contributed by atoms with E-state index in [-0.39, 0.29) is 6.04 Å². The number of ether oxygens (including phenoxy) is 1. The minimum absolute atomic E-state index is 0.00558. The van der Waals surface area contributed by atoms with Crippen molar-refractivity contribution in [2.24, 2.45) is 5.73 Å². The van der Waals surface area contributed by atoms with Gasteiger partial charge in [-0.3, -0.25) is 0 Å². The molecule has 2 nitrogen and oxygen atoms in total. The molecule has 0 aromatic heterocycles. The van der Waals surface area contributed by atoms with E-state index >= 15 is 0 Å². The molecule has 0 aliphatic heterocycles. The lowest BCUT2D eigenvalue weighted by molar-refractivity contribution is 0.317. The fraction of sp³-hybridized carbons (Fsp3) is 0.385. The maximum absolute atomic E-state index is 5.85. The van der Waals surface area contributed by atoms with Gasteiger partial charge in [-0.2, -0.15) is 0 Å². The van der Waals surface area contributed by atoms with Crippen molar-refractivity contribution in [1.29, 1.82) is 0 Å². The van der Waals surface area contributed by atoms with Crippen molar-refractivity contribution in [3.8, 4) is 5.75 Å². The first kappa shape index (κ1) is 11.8. The van der Waals surface area contributed by atoms with Gasteiger partial charge < -0.3 is 10.5 Å². The zero-order valence-corrected chi connectivity index (χ0v) is 9.49. The fourth-order valence-corrected chi connectivity index (χ4v) is 1.32. The zero-order valence-electron chi connectivity index (χ0n) is 9.49. The molecule has 2 N–H and O–H groups in total. The predicted molar refractivity (Wildman–Crippen MR) is 64.0 cm³/mol. The van der Waals surface area contributed by atoms with Gasteiger partial charge in [-0.1, -0.05) is 23.8 Å². The van der Waals surface area contributed by atoms with Crippen LogP contribution in [0.1, 0.15) is 31.9 Å². The lowest BCUT2D eigenvalue weighted by atomic mass is 10.1. The summed E-state index contributed by atoms with van der Waals surface area (Å²) >= 11 is 0. The van der Waals surface area contributed by atoms with Crippen LogP contribution in [0.5, 0.6) is 5.75 Å². The summed E-state index contributed by atoms with van der Waals surface area (Å²) < 4.78 is 5.67. The van der Waals surface area contributed by atoms with Crippen LogP contribution in [-0.4, -0.2) is 6.61 Å². The first-order valence-electron chi connectivity index (χ1n) is 5.23. The van der Waals surface area contributed by atoms with Crippen molar-refractivity contribution >= 4 is 0 Å². The molecule has 0 saturated carbocycles. The molecule has 0 spiro atoms. The van der Waals surface area contributed by atoms with Gasteiger partial charge in [0.2, 0.25) is 0 Å². The van der Waals surface area contributed by atoms with Gasteiger partial charge in [-0.25, -0.2) is 0 Å². The number of rotatable bonds is 5. The predicted octanol–water partition coefficient (Wildman–Crippen LogP) is 3.05. The van der Waals surface area contributed by atoms with Gasteiger partial charge in [0.15, 0.2) is 0 Å². The van der Waals surface area contributed by atoms with Crippen LogP contribution in [0.25, 0.3) is 0 Å². The summed E-state index contributed by atoms with van der Waals surface area (Å²) in [5, 5.41) is 0. The molecular weight excluding hydrogens is 186 g/mol. The molecule has 0 radical (unpaired) electrons. The van der Waals surface area contributed by atoms with Crippen LogP contribution in [0, 0.1) is 0 Å². The Bertz CT molecular complexity index is 331. The molecule has 0 aliphatic rings. The van der Waals surface area contributed by atoms with Crippen molar-refractivity contribution in [3.05, 3.63) is 42.0 Å². The Morgan fingerprint density at radius 3 is 2.73 bits per heavy atom. The second kappa shape index (κ2) is 5.56. The Balaban J connectivity index is 2.63. The minimum Gasteiger partial charge on any atom is -0.493 e. The smallest absolute Gasteiger partial charge is 0.124 e. The highest BCUT2D eigenvalue weighted by Crippen LogP contribution is 2.23. The van der Waals surface area contributed by atoms with Crippen molar-refractivity contribution in [2.75, 3.05) is 6.61 Å². The largest absolute Gasteiger partial charge is 0.493 e. The molecule has 0 saturated heterocycles. The number of hydrogen-bond acceptors (Lipinski definition) is 2. The molecule has 0 bridgehead atoms. The molecule has 82 valence electrons. The van der Waals surface area contributed by atoms with E-state index in [9.17, 15) is 0 Å². The number of para-hydroxylation sites is 1. The van der Waals surface area contributed by atoms with E-state index < -0.39 is 0 Å². The van der Waals surface area contributed by atoms with Crippen LogP contribution in [0.15, 0.2) is 36.4 Å². The Kier molecular flexibility index (Phi) is 4.37. The normalized spacial score (nSPS) is 12.2. The maximum atomic E-state index is 5.85. The lowest BCUT2D eigenvalue weighted by Crippen LogP contribution is -2.08. The topological polar surface area (TPSA) is 35.2 Å². The van der Waals surface area contributed by atoms with E-state index in [0.717, 1.165) is 23.3 Å². The Hall–Kier alpha value is -1.28. The molecule has 0 fully saturated rings. The van der Waals surface area contributed by atoms with E-state index in [0.29, 0.717) is 6.61 Å². The molecule has 2 heteroatoms. The number of benzene rings is 1. The van der Waals surface area contributed by atoms with E-state index in [1.165, 1.54) is 0 Å². The molecule has 0 heterocycles. The zero-order chi connectivity index (χ0) is 11.3. The minimum atomic E-state index is 0.00558. The van der Waals surface area contributed by atoms with Gasteiger partial charge >= 0.3 is 0 Å². The second-order valence-electron chi connectivity index (χ2n) is 3.88. The van der Waals surface area contributed by atoms with E-state index in [4.69, 9.17) is 10.5 Å². The molecular formula is C13H19NO. The van der Waals surface area contributed by atoms with Crippen molar-refractivity contribution in [3.63, 3.8) is 0 Å². The van der Waals surface area contributed by atoms with Crippen molar-refractivity contribution < 1.29 is 4.74 Å². The molecule has 0 aliphatic carbocycles. The van der Waals surface area contributed by atoms with Gasteiger partial charge in [0.1, 0.15) is 5.75 Å². The van der Waals surface area contributed by atoms with E-state index in [1.807, 2.05) is 38.1 Å². The summed E-state index contributed by atoms with van der Waals surface area (Å²) in [6, 6.07) is 7.90. The third-order valence-corrected chi connectivity index (χ3v) is 2.20. The van der Waals surface area contributed by atoms with Gasteiger partial charge in [-0.05, 0) is 19.9 Å². The molecule has 1 aromatic rings. The highest BCUT2D eigenvalue weighted by Gasteiger charge is 2.06. The summed E-state index contributed by atoms with van der Waals surface area (Å²) in [6.45, 7) is 8.46. The summed E-state index contributed by atoms with van der Waals surface area (Å²) in [4.78, 5) is 0. The summed E-state index contributed by atoms with van der Waals surface area (Å²) in [7, 11) is 0. The molecule has 0 amide bonds. The molecule has 1 atom stereocenters. The lowest BCUT2D eigenvalue weighted by Gasteiger charge is -2.13. The van der Waals surface area contributed by atoms with Crippen molar-refractivity contribution in [2.45, 2.75) is 26.3 Å². The highest BCUT2D eigenvalue weighted by atomic mass is 16.5. The van der Waals surface area contributed by atoms with E-state index in [2.05, 4.69) is 6.58 Å². The third-order valence-electron chi connectivity index (χ3n) is 2.20. The summed E-state index contributed by atoms with van der Waals surface area (Å²) in [5.41, 5.74) is 8.04. The first-order valence-corrected chi connectivity index (χ1v) is 5.23. The highest BCUT2D eigenvalue weighted by molar-refractivity contribution is 5.35. The number of hydrogen-bond donors (Lipinski definition) is 1. The molecule has 1 aromatic carbocycles. The quantitative estimate of drug-likeness (QED) is 0.750. The van der Waals surface area contributed by atoms with Crippen LogP contribution in [0.2, 0.25) is 0 Å². The van der Waals surface area contributed by atoms with Crippen LogP contribution in [0.4, 0.5) is 0 Å². The summed E-state index contributed by atoms with van der Waals surface area (Å²) in [5.74, 6) is 0.883. The molecule has 0 unspecified atom stereocenters. The number of nitrogens with two attached hydrogens (primary N) is 1. The average Bonchev–Trinajstić information content (AvgIpc) is 2.17. The molecule has 15 heavy (non-hydrogen) atoms. The molecule has 1 rings (SSSR count). The Labute approximate surface area is 91.7 Å². The second-order valence-corrected chi connectivity index (χ2v) is 3.88. The van der Waals surface area contributed by atoms with Crippen LogP contribution in [0.3, 0.4) is 0 Å². The van der Waals surface area contributed by atoms with E-state index in [1.54, 1.807) is 0 Å². The van der Waals surface area contributed by atoms with Crippen LogP contribution >= 0.6 is 0 Å². The fourth-order valence-electron chi connectivity index (χ4n) is 1.32. The van der Waals surface area contributed by atoms with Gasteiger partial charge in [-0.15, -0.1) is 6.58 Å². The van der Waals surface area contributed by atoms with Gasteiger partial charge in [0, 0.05) is 18.0 Å². The van der Waals surface area contributed by atoms with Crippen LogP contribution < -0.4 is 10.5 Å². The Morgan fingerprint density at radius 2 is 2.13 bits per heavy atom. The van der Waals surface area contributed by atoms with Gasteiger partial charge in [0.25, 0.3) is 0 Å². The monoisotopic (exact) mass is 205 g/mol. The first-order chi connectivity index (χ1) is 7.11. The SMILES string of the molecule is C=C(C)CCOc1ccccc1[C@H](C)N. The Morgan fingerprint density at radius 1 is 1.47 bits per heavy atom. The standard InChI is InChI=1S/C13H19NO/c1-10(2)8-9-15-13-7-5-4-6-12(13)11(3)14/h4-7,11H,1,8-9,14H2,2-3H3/t11-/m0/s1. The average molecular weight is 205 g/mol. The summed E-state index contributed by atoms with van der Waals surface area (Å²) in [6.07, 6.45) is 0.882. The van der Waals surface area contributed by atoms with Crippen LogP contribution in [-0.2, 0) is 0 Å². The van der Waals surface area contributed by atoms with Gasteiger partial charge in [0.05, 0.1) is 6.61 Å². The third kappa shape index (κ3) is 3.76. The maximum Gasteiger partial charge on any atom is 0.124 e.